The largest absolute Gasteiger partial charge is 0.398 e. The summed E-state index contributed by atoms with van der Waals surface area (Å²) >= 11 is 6.24. The molecule has 114 valence electrons. The van der Waals surface area contributed by atoms with Crippen molar-refractivity contribution < 1.29 is 0 Å². The smallest absolute Gasteiger partial charge is 0.138 e. The number of H-pyrrole nitrogens is 1. The molecule has 0 aliphatic rings. The Bertz CT molecular complexity index is 839. The Morgan fingerprint density at radius 3 is 2.68 bits per heavy atom. The average molecular weight is 332 g/mol. The number of benzene rings is 1. The van der Waals surface area contributed by atoms with Crippen molar-refractivity contribution in [2.75, 3.05) is 19.1 Å². The highest BCUT2D eigenvalue weighted by molar-refractivity contribution is 7.64. The number of pyridine rings is 1. The number of hydrogen-bond acceptors (Lipinski definition) is 2. The molecule has 0 bridgehead atoms. The molecule has 0 saturated carbocycles. The topological polar surface area (TPSA) is 54.7 Å². The third-order valence-corrected chi connectivity index (χ3v) is 5.58. The summed E-state index contributed by atoms with van der Waals surface area (Å²) in [5.41, 5.74) is 11.2. The van der Waals surface area contributed by atoms with Gasteiger partial charge in [0.15, 0.2) is 0 Å². The minimum Gasteiger partial charge on any atom is -0.398 e. The van der Waals surface area contributed by atoms with E-state index >= 15 is 0 Å². The molecule has 3 aromatic rings. The number of rotatable bonds is 3. The summed E-state index contributed by atoms with van der Waals surface area (Å²) in [4.78, 5) is 7.65. The zero-order valence-corrected chi connectivity index (χ0v) is 14.6. The summed E-state index contributed by atoms with van der Waals surface area (Å²) in [6.07, 6.45) is 2.77. The quantitative estimate of drug-likeness (QED) is 0.552. The van der Waals surface area contributed by atoms with Gasteiger partial charge in [-0.25, -0.2) is 4.98 Å². The van der Waals surface area contributed by atoms with E-state index in [1.807, 2.05) is 12.3 Å². The van der Waals surface area contributed by atoms with Crippen molar-refractivity contribution in [1.82, 2.24) is 9.97 Å². The Morgan fingerprint density at radius 2 is 2.00 bits per heavy atom. The van der Waals surface area contributed by atoms with Crippen molar-refractivity contribution in [3.8, 4) is 11.1 Å². The molecule has 0 atom stereocenters. The highest BCUT2D eigenvalue weighted by Crippen LogP contribution is 2.32. The van der Waals surface area contributed by atoms with Gasteiger partial charge in [0.25, 0.3) is 0 Å². The van der Waals surface area contributed by atoms with Gasteiger partial charge in [-0.2, -0.15) is 0 Å². The molecule has 3 rings (SSSR count). The number of aromatic amines is 1. The predicted molar refractivity (Wildman–Crippen MR) is 98.7 cm³/mol. The Hall–Kier alpha value is -1.57. The molecule has 0 amide bonds. The van der Waals surface area contributed by atoms with E-state index in [2.05, 4.69) is 48.4 Å². The van der Waals surface area contributed by atoms with Crippen LogP contribution in [0.2, 0.25) is 5.15 Å². The highest BCUT2D eigenvalue weighted by atomic mass is 35.5. The Balaban J connectivity index is 2.16. The van der Waals surface area contributed by atoms with Crippen LogP contribution in [0.5, 0.6) is 0 Å². The van der Waals surface area contributed by atoms with Crippen LogP contribution in [0.4, 0.5) is 5.69 Å². The summed E-state index contributed by atoms with van der Waals surface area (Å²) < 4.78 is 0. The van der Waals surface area contributed by atoms with Crippen molar-refractivity contribution in [2.24, 2.45) is 0 Å². The summed E-state index contributed by atoms with van der Waals surface area (Å²) in [7, 11) is -0.235. The maximum absolute atomic E-state index is 6.24. The SMILES string of the molecule is CCc1c(Cl)[nH]c2ncc(-c3ccc(N)c(P(C)C)c3)cc12. The number of nitrogen functional groups attached to an aromatic ring is 1. The fourth-order valence-corrected chi connectivity index (χ4v) is 4.02. The number of aromatic nitrogens is 2. The molecule has 0 aliphatic carbocycles. The van der Waals surface area contributed by atoms with Gasteiger partial charge in [0, 0.05) is 22.8 Å². The van der Waals surface area contributed by atoms with E-state index in [-0.39, 0.29) is 7.92 Å². The molecule has 0 fully saturated rings. The molecule has 0 radical (unpaired) electrons. The molecule has 5 heteroatoms. The number of nitrogens with two attached hydrogens (primary N) is 1. The molecular formula is C17H19ClN3P. The second-order valence-corrected chi connectivity index (χ2v) is 8.21. The lowest BCUT2D eigenvalue weighted by Gasteiger charge is -2.12. The van der Waals surface area contributed by atoms with Crippen LogP contribution in [-0.4, -0.2) is 23.3 Å². The molecular weight excluding hydrogens is 313 g/mol. The first kappa shape index (κ1) is 15.3. The number of halogens is 1. The van der Waals surface area contributed by atoms with Gasteiger partial charge in [0.2, 0.25) is 0 Å². The van der Waals surface area contributed by atoms with E-state index < -0.39 is 0 Å². The van der Waals surface area contributed by atoms with Gasteiger partial charge in [0.05, 0.1) is 0 Å². The third-order valence-electron chi connectivity index (χ3n) is 3.91. The molecule has 0 unspecified atom stereocenters. The van der Waals surface area contributed by atoms with E-state index in [0.717, 1.165) is 39.8 Å². The molecule has 22 heavy (non-hydrogen) atoms. The molecule has 3 N–H and O–H groups in total. The Kier molecular flexibility index (Phi) is 4.12. The predicted octanol–water partition coefficient (Wildman–Crippen LogP) is 4.39. The van der Waals surface area contributed by atoms with E-state index in [1.54, 1.807) is 0 Å². The van der Waals surface area contributed by atoms with Crippen molar-refractivity contribution in [1.29, 1.82) is 0 Å². The fourth-order valence-electron chi connectivity index (χ4n) is 2.71. The lowest BCUT2D eigenvalue weighted by atomic mass is 10.0. The molecule has 2 aromatic heterocycles. The van der Waals surface area contributed by atoms with Crippen LogP contribution in [0.15, 0.2) is 30.5 Å². The molecule has 0 aliphatic heterocycles. The van der Waals surface area contributed by atoms with Gasteiger partial charge in [-0.05, 0) is 54.4 Å². The van der Waals surface area contributed by atoms with E-state index in [1.165, 1.54) is 5.30 Å². The van der Waals surface area contributed by atoms with Crippen LogP contribution < -0.4 is 11.0 Å². The van der Waals surface area contributed by atoms with Crippen LogP contribution in [0.25, 0.3) is 22.2 Å². The zero-order chi connectivity index (χ0) is 15.9. The van der Waals surface area contributed by atoms with Crippen LogP contribution in [0.1, 0.15) is 12.5 Å². The number of nitrogens with zero attached hydrogens (tertiary/aromatic N) is 1. The third kappa shape index (κ3) is 2.60. The van der Waals surface area contributed by atoms with Crippen molar-refractivity contribution in [3.63, 3.8) is 0 Å². The van der Waals surface area contributed by atoms with Gasteiger partial charge in [-0.15, -0.1) is 0 Å². The van der Waals surface area contributed by atoms with Gasteiger partial charge in [0.1, 0.15) is 10.8 Å². The van der Waals surface area contributed by atoms with Crippen molar-refractivity contribution in [2.45, 2.75) is 13.3 Å². The normalized spacial score (nSPS) is 11.5. The number of nitrogens with one attached hydrogen (secondary N) is 1. The number of anilines is 1. The van der Waals surface area contributed by atoms with Crippen LogP contribution in [-0.2, 0) is 6.42 Å². The fraction of sp³-hybridized carbons (Fsp3) is 0.235. The van der Waals surface area contributed by atoms with Gasteiger partial charge in [-0.3, -0.25) is 0 Å². The summed E-state index contributed by atoms with van der Waals surface area (Å²) in [6.45, 7) is 6.53. The molecule has 2 heterocycles. The summed E-state index contributed by atoms with van der Waals surface area (Å²) in [5.74, 6) is 0. The van der Waals surface area contributed by atoms with E-state index in [4.69, 9.17) is 17.3 Å². The minimum atomic E-state index is -0.235. The van der Waals surface area contributed by atoms with Gasteiger partial charge < -0.3 is 10.7 Å². The van der Waals surface area contributed by atoms with Crippen LogP contribution in [0.3, 0.4) is 0 Å². The van der Waals surface area contributed by atoms with Gasteiger partial charge in [-0.1, -0.05) is 32.5 Å². The maximum Gasteiger partial charge on any atom is 0.138 e. The van der Waals surface area contributed by atoms with E-state index in [9.17, 15) is 0 Å². The lowest BCUT2D eigenvalue weighted by Crippen LogP contribution is -2.07. The Morgan fingerprint density at radius 1 is 1.23 bits per heavy atom. The first-order chi connectivity index (χ1) is 10.5. The average Bonchev–Trinajstić information content (AvgIpc) is 2.81. The number of hydrogen-bond donors (Lipinski definition) is 2. The molecule has 0 saturated heterocycles. The molecule has 1 aromatic carbocycles. The highest BCUT2D eigenvalue weighted by Gasteiger charge is 2.12. The zero-order valence-electron chi connectivity index (χ0n) is 12.9. The minimum absolute atomic E-state index is 0.235. The second kappa shape index (κ2) is 5.91. The first-order valence-electron chi connectivity index (χ1n) is 7.24. The first-order valence-corrected chi connectivity index (χ1v) is 9.86. The van der Waals surface area contributed by atoms with Crippen molar-refractivity contribution in [3.05, 3.63) is 41.2 Å². The summed E-state index contributed by atoms with van der Waals surface area (Å²) in [6, 6.07) is 8.39. The number of aryl methyl sites for hydroxylation is 1. The summed E-state index contributed by atoms with van der Waals surface area (Å²) in [5, 5.41) is 3.01. The van der Waals surface area contributed by atoms with Gasteiger partial charge >= 0.3 is 0 Å². The monoisotopic (exact) mass is 331 g/mol. The lowest BCUT2D eigenvalue weighted by molar-refractivity contribution is 1.15. The second-order valence-electron chi connectivity index (χ2n) is 5.56. The number of fused-ring (bicyclic) bond motifs is 1. The standard InChI is InChI=1S/C17H19ClN3P/c1-4-12-13-7-11(9-20-17(13)21-16(12)18)10-5-6-14(19)15(8-10)22(2)3/h5-9H,4,19H2,1-3H3,(H,20,21). The van der Waals surface area contributed by atoms with E-state index in [0.29, 0.717) is 5.15 Å². The Labute approximate surface area is 136 Å². The van der Waals surface area contributed by atoms with Crippen LogP contribution in [0, 0.1) is 0 Å². The maximum atomic E-state index is 6.24. The van der Waals surface area contributed by atoms with Crippen LogP contribution >= 0.6 is 19.5 Å². The molecule has 0 spiro atoms. The molecule has 3 nitrogen and oxygen atoms in total. The van der Waals surface area contributed by atoms with Crippen molar-refractivity contribution >= 4 is 41.5 Å².